The van der Waals surface area contributed by atoms with Gasteiger partial charge in [0.2, 0.25) is 0 Å². The molecule has 14 nitrogen and oxygen atoms in total. The van der Waals surface area contributed by atoms with Gasteiger partial charge in [0.05, 0.1) is 36.6 Å². The van der Waals surface area contributed by atoms with Gasteiger partial charge >= 0.3 is 16.2 Å². The summed E-state index contributed by atoms with van der Waals surface area (Å²) in [6.07, 6.45) is 6.69. The number of ether oxygens (including phenoxy) is 2. The van der Waals surface area contributed by atoms with Gasteiger partial charge in [0.1, 0.15) is 5.69 Å². The van der Waals surface area contributed by atoms with Crippen molar-refractivity contribution < 1.29 is 22.7 Å². The van der Waals surface area contributed by atoms with E-state index in [1.807, 2.05) is 6.92 Å². The molecule has 0 spiro atoms. The third-order valence-corrected chi connectivity index (χ3v) is 9.95. The van der Waals surface area contributed by atoms with Crippen molar-refractivity contribution >= 4 is 32.8 Å². The van der Waals surface area contributed by atoms with Crippen LogP contribution in [0, 0.1) is 0 Å². The number of piperidine rings is 1. The van der Waals surface area contributed by atoms with Crippen LogP contribution in [-0.4, -0.2) is 114 Å². The summed E-state index contributed by atoms with van der Waals surface area (Å²) in [5, 5.41) is 5.90. The highest BCUT2D eigenvalue weighted by atomic mass is 32.2. The summed E-state index contributed by atoms with van der Waals surface area (Å²) in [6.45, 7) is 7.24. The molecule has 1 aliphatic carbocycles. The lowest BCUT2D eigenvalue weighted by Gasteiger charge is -2.41. The van der Waals surface area contributed by atoms with Crippen molar-refractivity contribution in [3.05, 3.63) is 29.7 Å². The minimum atomic E-state index is -4.03. The zero-order chi connectivity index (χ0) is 30.1. The number of hydrogen-bond acceptors (Lipinski definition) is 11. The zero-order valence-electron chi connectivity index (χ0n) is 24.9. The maximum atomic E-state index is 13.4. The second-order valence-electron chi connectivity index (χ2n) is 11.4. The molecule has 0 unspecified atom stereocenters. The molecule has 2 saturated heterocycles. The van der Waals surface area contributed by atoms with Crippen molar-refractivity contribution in [3.8, 4) is 11.8 Å². The summed E-state index contributed by atoms with van der Waals surface area (Å²) in [5.74, 6) is -0.0927. The van der Waals surface area contributed by atoms with Crippen molar-refractivity contribution in [2.45, 2.75) is 51.0 Å². The molecule has 1 amide bonds. The van der Waals surface area contributed by atoms with E-state index in [0.29, 0.717) is 24.1 Å². The van der Waals surface area contributed by atoms with Crippen molar-refractivity contribution in [1.82, 2.24) is 38.7 Å². The van der Waals surface area contributed by atoms with Gasteiger partial charge in [-0.1, -0.05) is 6.42 Å². The van der Waals surface area contributed by atoms with E-state index >= 15 is 0 Å². The minimum Gasteiger partial charge on any atom is -0.464 e. The van der Waals surface area contributed by atoms with E-state index in [4.69, 9.17) is 19.6 Å². The highest BCUT2D eigenvalue weighted by Crippen LogP contribution is 2.43. The Balaban J connectivity index is 1.45. The average molecular weight is 614 g/mol. The predicted molar refractivity (Wildman–Crippen MR) is 160 cm³/mol. The van der Waals surface area contributed by atoms with Crippen molar-refractivity contribution in [2.75, 3.05) is 65.0 Å². The number of carbonyl (C=O) groups excluding carboxylic acids is 1. The highest BCUT2D eigenvalue weighted by Gasteiger charge is 2.33. The number of nitrogens with zero attached hydrogens (tertiary/aromatic N) is 8. The summed E-state index contributed by atoms with van der Waals surface area (Å²) < 4.78 is 41.0. The Morgan fingerprint density at radius 1 is 1.12 bits per heavy atom. The second-order valence-corrected chi connectivity index (χ2v) is 13.3. The first-order valence-corrected chi connectivity index (χ1v) is 16.4. The van der Waals surface area contributed by atoms with Gasteiger partial charge in [-0.2, -0.15) is 27.5 Å². The molecule has 5 heterocycles. The van der Waals surface area contributed by atoms with E-state index in [2.05, 4.69) is 24.5 Å². The van der Waals surface area contributed by atoms with Crippen LogP contribution in [0.15, 0.2) is 18.3 Å². The number of amides is 1. The standard InChI is InChI=1S/C28H39N9O5S/c1-4-42-28-29-11-8-23(31-28)37-26-24(25(32-37)19-6-5-7-19)22(18-21(30-26)27(38)33-43(39,40)34(2)3)36-12-9-20(10-13-36)35-14-16-41-17-15-35/h8,11,18-20H,4-7,9-10,12-17H2,1-3H3,(H,33,38). The van der Waals surface area contributed by atoms with Gasteiger partial charge in [0, 0.05) is 64.5 Å². The molecule has 0 bridgehead atoms. The number of morpholine rings is 1. The Hall–Kier alpha value is -3.40. The SMILES string of the molecule is CCOc1nccc(-n2nc(C3CCC3)c3c(N4CCC(N5CCOCC5)CC4)cc(C(=O)NS(=O)(=O)N(C)C)nc32)n1. The van der Waals surface area contributed by atoms with Gasteiger partial charge in [-0.3, -0.25) is 9.69 Å². The summed E-state index contributed by atoms with van der Waals surface area (Å²) in [7, 11) is -1.30. The predicted octanol–water partition coefficient (Wildman–Crippen LogP) is 1.71. The van der Waals surface area contributed by atoms with Crippen molar-refractivity contribution in [1.29, 1.82) is 0 Å². The third-order valence-electron chi connectivity index (χ3n) is 8.55. The maximum absolute atomic E-state index is 13.4. The van der Waals surface area contributed by atoms with Gasteiger partial charge in [0.25, 0.3) is 5.91 Å². The number of pyridine rings is 1. The number of aromatic nitrogens is 5. The average Bonchev–Trinajstić information content (AvgIpc) is 3.35. The molecular formula is C28H39N9O5S. The molecular weight excluding hydrogens is 574 g/mol. The van der Waals surface area contributed by atoms with Crippen LogP contribution in [0.2, 0.25) is 0 Å². The first-order valence-electron chi connectivity index (χ1n) is 15.0. The lowest BCUT2D eigenvalue weighted by atomic mass is 9.82. The quantitative estimate of drug-likeness (QED) is 0.376. The molecule has 3 aromatic heterocycles. The summed E-state index contributed by atoms with van der Waals surface area (Å²) in [4.78, 5) is 31.7. The fraction of sp³-hybridized carbons (Fsp3) is 0.607. The van der Waals surface area contributed by atoms with Crippen LogP contribution in [0.5, 0.6) is 6.01 Å². The number of rotatable bonds is 9. The van der Waals surface area contributed by atoms with Crippen LogP contribution in [0.25, 0.3) is 16.9 Å². The van der Waals surface area contributed by atoms with Crippen LogP contribution in [0.3, 0.4) is 0 Å². The highest BCUT2D eigenvalue weighted by molar-refractivity contribution is 7.87. The molecule has 232 valence electrons. The lowest BCUT2D eigenvalue weighted by Crippen LogP contribution is -2.49. The molecule has 0 atom stereocenters. The molecule has 3 aromatic rings. The Bertz CT molecular complexity index is 1580. The van der Waals surface area contributed by atoms with Crippen LogP contribution >= 0.6 is 0 Å². The maximum Gasteiger partial charge on any atom is 0.318 e. The number of anilines is 1. The molecule has 15 heteroatoms. The lowest BCUT2D eigenvalue weighted by molar-refractivity contribution is 0.0115. The number of hydrogen-bond donors (Lipinski definition) is 1. The Morgan fingerprint density at radius 2 is 1.86 bits per heavy atom. The molecule has 3 aliphatic rings. The van der Waals surface area contributed by atoms with Crippen LogP contribution in [0.1, 0.15) is 61.1 Å². The molecule has 3 fully saturated rings. The fourth-order valence-electron chi connectivity index (χ4n) is 5.94. The second kappa shape index (κ2) is 12.3. The third kappa shape index (κ3) is 6.03. The Labute approximate surface area is 251 Å². The van der Waals surface area contributed by atoms with Crippen LogP contribution in [-0.2, 0) is 14.9 Å². The van der Waals surface area contributed by atoms with Crippen LogP contribution in [0.4, 0.5) is 5.69 Å². The van der Waals surface area contributed by atoms with Crippen molar-refractivity contribution in [3.63, 3.8) is 0 Å². The molecule has 0 aromatic carbocycles. The fourth-order valence-corrected chi connectivity index (χ4v) is 6.46. The number of nitrogens with one attached hydrogen (secondary N) is 1. The molecule has 2 aliphatic heterocycles. The first kappa shape index (κ1) is 29.7. The minimum absolute atomic E-state index is 0.0105. The van der Waals surface area contributed by atoms with Crippen molar-refractivity contribution in [2.24, 2.45) is 0 Å². The molecule has 1 saturated carbocycles. The van der Waals surface area contributed by atoms with Gasteiger partial charge in [-0.15, -0.1) is 0 Å². The van der Waals surface area contributed by atoms with Gasteiger partial charge in [-0.05, 0) is 38.7 Å². The monoisotopic (exact) mass is 613 g/mol. The van der Waals surface area contributed by atoms with Gasteiger partial charge < -0.3 is 14.4 Å². The van der Waals surface area contributed by atoms with E-state index in [0.717, 1.165) is 92.6 Å². The summed E-state index contributed by atoms with van der Waals surface area (Å²) in [6, 6.07) is 4.12. The Kier molecular flexibility index (Phi) is 8.49. The molecule has 43 heavy (non-hydrogen) atoms. The van der Waals surface area contributed by atoms with E-state index < -0.39 is 16.1 Å². The molecule has 1 N–H and O–H groups in total. The molecule has 0 radical (unpaired) electrons. The van der Waals surface area contributed by atoms with E-state index in [-0.39, 0.29) is 17.6 Å². The smallest absolute Gasteiger partial charge is 0.318 e. The number of carbonyl (C=O) groups is 1. The summed E-state index contributed by atoms with van der Waals surface area (Å²) in [5.41, 5.74) is 2.19. The largest absolute Gasteiger partial charge is 0.464 e. The molecule has 6 rings (SSSR count). The van der Waals surface area contributed by atoms with Gasteiger partial charge in [0.15, 0.2) is 11.5 Å². The topological polar surface area (TPSA) is 148 Å². The van der Waals surface area contributed by atoms with E-state index in [1.54, 1.807) is 23.0 Å². The van der Waals surface area contributed by atoms with Crippen LogP contribution < -0.4 is 14.4 Å². The number of fused-ring (bicyclic) bond motifs is 1. The summed E-state index contributed by atoms with van der Waals surface area (Å²) >= 11 is 0. The van der Waals surface area contributed by atoms with E-state index in [9.17, 15) is 13.2 Å². The Morgan fingerprint density at radius 3 is 2.51 bits per heavy atom. The van der Waals surface area contributed by atoms with E-state index in [1.165, 1.54) is 14.1 Å². The zero-order valence-corrected chi connectivity index (χ0v) is 25.7. The van der Waals surface area contributed by atoms with Gasteiger partial charge in [-0.25, -0.2) is 14.7 Å². The normalized spacial score (nSPS) is 19.1. The first-order chi connectivity index (χ1) is 20.7.